The molecule has 31 heavy (non-hydrogen) atoms. The van der Waals surface area contributed by atoms with E-state index < -0.39 is 12.0 Å². The Hall–Kier alpha value is -3.25. The van der Waals surface area contributed by atoms with E-state index in [0.717, 1.165) is 22.3 Å². The van der Waals surface area contributed by atoms with Crippen LogP contribution in [0, 0.1) is 13.8 Å². The first-order chi connectivity index (χ1) is 14.9. The number of rotatable bonds is 4. The molecule has 3 aromatic rings. The van der Waals surface area contributed by atoms with Gasteiger partial charge >= 0.3 is 5.97 Å². The molecule has 1 aliphatic heterocycles. The number of esters is 1. The molecule has 0 aliphatic carbocycles. The molecule has 158 valence electrons. The van der Waals surface area contributed by atoms with Crippen molar-refractivity contribution < 1.29 is 9.53 Å². The fourth-order valence-electron chi connectivity index (χ4n) is 3.67. The summed E-state index contributed by atoms with van der Waals surface area (Å²) >= 11 is 1.34. The highest BCUT2D eigenvalue weighted by Crippen LogP contribution is 2.30. The molecule has 0 radical (unpaired) electrons. The van der Waals surface area contributed by atoms with Gasteiger partial charge in [0.1, 0.15) is 0 Å². The molecule has 2 aromatic carbocycles. The standard InChI is InChI=1S/C25H24N2O3S/c1-5-30-24(29)21-17(4)26-25-27(22(21)19-12-8-16(3)9-13-19)23(28)20(31-25)14-18-10-6-15(2)7-11-18/h6-14,22H,5H2,1-4H3/b20-14-. The number of thiazole rings is 1. The predicted molar refractivity (Wildman–Crippen MR) is 123 cm³/mol. The molecule has 0 saturated heterocycles. The maximum absolute atomic E-state index is 13.5. The van der Waals surface area contributed by atoms with E-state index >= 15 is 0 Å². The molecular formula is C25H24N2O3S. The third-order valence-corrected chi connectivity index (χ3v) is 6.27. The highest BCUT2D eigenvalue weighted by molar-refractivity contribution is 7.07. The number of aryl methyl sites for hydroxylation is 2. The average molecular weight is 433 g/mol. The lowest BCUT2D eigenvalue weighted by Gasteiger charge is -2.24. The highest BCUT2D eigenvalue weighted by Gasteiger charge is 2.33. The Morgan fingerprint density at radius 3 is 2.29 bits per heavy atom. The molecule has 5 nitrogen and oxygen atoms in total. The van der Waals surface area contributed by atoms with E-state index in [1.54, 1.807) is 18.4 Å². The minimum atomic E-state index is -0.573. The van der Waals surface area contributed by atoms with Crippen LogP contribution < -0.4 is 14.9 Å². The molecule has 0 amide bonds. The Labute approximate surface area is 184 Å². The van der Waals surface area contributed by atoms with Gasteiger partial charge in [-0.3, -0.25) is 9.36 Å². The van der Waals surface area contributed by atoms with Gasteiger partial charge < -0.3 is 4.74 Å². The van der Waals surface area contributed by atoms with Crippen molar-refractivity contribution >= 4 is 23.4 Å². The summed E-state index contributed by atoms with van der Waals surface area (Å²) in [5, 5.41) is 0. The first kappa shape index (κ1) is 21.0. The first-order valence-corrected chi connectivity index (χ1v) is 11.0. The number of ether oxygens (including phenoxy) is 1. The van der Waals surface area contributed by atoms with Crippen LogP contribution in [-0.2, 0) is 9.53 Å². The van der Waals surface area contributed by atoms with Crippen LogP contribution in [0.4, 0.5) is 0 Å². The number of benzene rings is 2. The molecule has 0 spiro atoms. The second-order valence-corrected chi connectivity index (χ2v) is 8.63. The summed E-state index contributed by atoms with van der Waals surface area (Å²) in [6, 6.07) is 15.3. The van der Waals surface area contributed by atoms with Crippen molar-refractivity contribution in [1.29, 1.82) is 0 Å². The van der Waals surface area contributed by atoms with E-state index in [9.17, 15) is 9.59 Å². The van der Waals surface area contributed by atoms with Crippen molar-refractivity contribution in [2.24, 2.45) is 4.99 Å². The fraction of sp³-hybridized carbons (Fsp3) is 0.240. The zero-order valence-electron chi connectivity index (χ0n) is 18.0. The molecule has 1 unspecified atom stereocenters. The van der Waals surface area contributed by atoms with E-state index in [0.29, 0.717) is 20.6 Å². The number of hydrogen-bond donors (Lipinski definition) is 0. The third kappa shape index (κ3) is 4.03. The van der Waals surface area contributed by atoms with Crippen LogP contribution in [0.25, 0.3) is 6.08 Å². The molecule has 4 rings (SSSR count). The predicted octanol–water partition coefficient (Wildman–Crippen LogP) is 3.42. The van der Waals surface area contributed by atoms with Gasteiger partial charge in [-0.25, -0.2) is 9.79 Å². The minimum Gasteiger partial charge on any atom is -0.463 e. The SMILES string of the molecule is CCOC(=O)C1=C(C)N=c2s/c(=C\c3ccc(C)cc3)c(=O)n2C1c1ccc(C)cc1. The van der Waals surface area contributed by atoms with E-state index in [1.807, 2.05) is 68.5 Å². The summed E-state index contributed by atoms with van der Waals surface area (Å²) in [7, 11) is 0. The van der Waals surface area contributed by atoms with Crippen LogP contribution in [0.2, 0.25) is 0 Å². The monoisotopic (exact) mass is 432 g/mol. The van der Waals surface area contributed by atoms with E-state index in [1.165, 1.54) is 11.3 Å². The fourth-order valence-corrected chi connectivity index (χ4v) is 4.72. The van der Waals surface area contributed by atoms with Crippen LogP contribution in [0.1, 0.15) is 42.1 Å². The van der Waals surface area contributed by atoms with Gasteiger partial charge in [0.15, 0.2) is 4.80 Å². The molecule has 0 fully saturated rings. The summed E-state index contributed by atoms with van der Waals surface area (Å²) < 4.78 is 7.52. The Morgan fingerprint density at radius 1 is 1.06 bits per heavy atom. The maximum Gasteiger partial charge on any atom is 0.338 e. The molecule has 1 atom stereocenters. The Bertz CT molecular complexity index is 1340. The zero-order valence-corrected chi connectivity index (χ0v) is 18.8. The number of nitrogens with zero attached hydrogens (tertiary/aromatic N) is 2. The normalized spacial score (nSPS) is 16.1. The van der Waals surface area contributed by atoms with Gasteiger partial charge in [-0.15, -0.1) is 0 Å². The average Bonchev–Trinajstić information content (AvgIpc) is 3.04. The largest absolute Gasteiger partial charge is 0.463 e. The molecule has 0 N–H and O–H groups in total. The van der Waals surface area contributed by atoms with Gasteiger partial charge in [0.2, 0.25) is 0 Å². The second kappa shape index (κ2) is 8.47. The maximum atomic E-state index is 13.5. The van der Waals surface area contributed by atoms with Crippen LogP contribution in [0.5, 0.6) is 0 Å². The first-order valence-electron chi connectivity index (χ1n) is 10.2. The topological polar surface area (TPSA) is 60.7 Å². The van der Waals surface area contributed by atoms with E-state index in [4.69, 9.17) is 4.74 Å². The number of carbonyl (C=O) groups is 1. The third-order valence-electron chi connectivity index (χ3n) is 5.29. The molecule has 1 aromatic heterocycles. The summed E-state index contributed by atoms with van der Waals surface area (Å²) in [6.07, 6.45) is 1.87. The number of fused-ring (bicyclic) bond motifs is 1. The number of carbonyl (C=O) groups excluding carboxylic acids is 1. The highest BCUT2D eigenvalue weighted by atomic mass is 32.1. The molecule has 6 heteroatoms. The summed E-state index contributed by atoms with van der Waals surface area (Å²) in [5.74, 6) is -0.442. The summed E-state index contributed by atoms with van der Waals surface area (Å²) in [4.78, 5) is 31.5. The summed E-state index contributed by atoms with van der Waals surface area (Å²) in [6.45, 7) is 7.85. The van der Waals surface area contributed by atoms with Crippen LogP contribution in [0.15, 0.2) is 69.6 Å². The molecule has 0 bridgehead atoms. The Kier molecular flexibility index (Phi) is 5.74. The Balaban J connectivity index is 1.94. The number of aromatic nitrogens is 1. The second-order valence-electron chi connectivity index (χ2n) is 7.62. The Morgan fingerprint density at radius 2 is 1.68 bits per heavy atom. The van der Waals surface area contributed by atoms with Gasteiger partial charge in [0.05, 0.1) is 28.5 Å². The summed E-state index contributed by atoms with van der Waals surface area (Å²) in [5.41, 5.74) is 4.88. The van der Waals surface area contributed by atoms with Gasteiger partial charge in [-0.2, -0.15) is 0 Å². The molecular weight excluding hydrogens is 408 g/mol. The van der Waals surface area contributed by atoms with Crippen molar-refractivity contribution in [3.63, 3.8) is 0 Å². The van der Waals surface area contributed by atoms with Crippen LogP contribution in [-0.4, -0.2) is 17.1 Å². The van der Waals surface area contributed by atoms with Crippen molar-refractivity contribution in [3.05, 3.63) is 102 Å². The van der Waals surface area contributed by atoms with E-state index in [2.05, 4.69) is 4.99 Å². The molecule has 0 saturated carbocycles. The lowest BCUT2D eigenvalue weighted by atomic mass is 9.95. The smallest absolute Gasteiger partial charge is 0.338 e. The zero-order chi connectivity index (χ0) is 22.1. The molecule has 1 aliphatic rings. The van der Waals surface area contributed by atoms with Crippen molar-refractivity contribution in [3.8, 4) is 0 Å². The lowest BCUT2D eigenvalue weighted by molar-refractivity contribution is -0.139. The van der Waals surface area contributed by atoms with Crippen LogP contribution in [0.3, 0.4) is 0 Å². The van der Waals surface area contributed by atoms with Gasteiger partial charge in [0, 0.05) is 0 Å². The van der Waals surface area contributed by atoms with E-state index in [-0.39, 0.29) is 12.2 Å². The van der Waals surface area contributed by atoms with Gasteiger partial charge in [-0.05, 0) is 44.9 Å². The van der Waals surface area contributed by atoms with Crippen LogP contribution >= 0.6 is 11.3 Å². The lowest BCUT2D eigenvalue weighted by Crippen LogP contribution is -2.39. The minimum absolute atomic E-state index is 0.163. The van der Waals surface area contributed by atoms with Crippen molar-refractivity contribution in [2.45, 2.75) is 33.7 Å². The van der Waals surface area contributed by atoms with Crippen molar-refractivity contribution in [1.82, 2.24) is 4.57 Å². The number of hydrogen-bond acceptors (Lipinski definition) is 5. The van der Waals surface area contributed by atoms with Crippen molar-refractivity contribution in [2.75, 3.05) is 6.61 Å². The van der Waals surface area contributed by atoms with Gasteiger partial charge in [-0.1, -0.05) is 71.0 Å². The quantitative estimate of drug-likeness (QED) is 0.594. The van der Waals surface area contributed by atoms with Gasteiger partial charge in [0.25, 0.3) is 5.56 Å². The molecule has 2 heterocycles. The number of allylic oxidation sites excluding steroid dienone is 1.